The van der Waals surface area contributed by atoms with E-state index in [2.05, 4.69) is 6.92 Å². The van der Waals surface area contributed by atoms with Crippen molar-refractivity contribution in [3.05, 3.63) is 12.1 Å². The summed E-state index contributed by atoms with van der Waals surface area (Å²) in [5.74, 6) is 0. The number of nitrogens with two attached hydrogens (primary N) is 1. The van der Waals surface area contributed by atoms with Crippen LogP contribution in [0.3, 0.4) is 0 Å². The van der Waals surface area contributed by atoms with Gasteiger partial charge in [-0.3, -0.25) is 0 Å². The van der Waals surface area contributed by atoms with Crippen molar-refractivity contribution < 1.29 is 19.9 Å². The van der Waals surface area contributed by atoms with Crippen LogP contribution in [0.5, 0.6) is 0 Å². The predicted octanol–water partition coefficient (Wildman–Crippen LogP) is 3.92. The van der Waals surface area contributed by atoms with E-state index < -0.39 is 30.4 Å². The Bertz CT molecular complexity index is 456. The van der Waals surface area contributed by atoms with E-state index in [1.54, 1.807) is 0 Å². The fourth-order valence-corrected chi connectivity index (χ4v) is 2.20. The van der Waals surface area contributed by atoms with E-state index in [0.29, 0.717) is 6.42 Å². The van der Waals surface area contributed by atoms with Crippen LogP contribution in [0.25, 0.3) is 0 Å². The summed E-state index contributed by atoms with van der Waals surface area (Å²) in [4.78, 5) is 0. The Kier molecular flexibility index (Phi) is 8.53. The third-order valence-corrected chi connectivity index (χ3v) is 3.52. The van der Waals surface area contributed by atoms with Crippen molar-refractivity contribution in [3.8, 4) is 0 Å². The lowest BCUT2D eigenvalue weighted by atomic mass is 10.0. The summed E-state index contributed by atoms with van der Waals surface area (Å²) in [6.07, 6.45) is 11.0. The average molecular weight is 307 g/mol. The average Bonchev–Trinajstić information content (AvgIpc) is 2.60. The minimum absolute atomic E-state index is 0.359. The molecule has 0 aromatic rings. The van der Waals surface area contributed by atoms with Crippen molar-refractivity contribution in [1.29, 1.82) is 0 Å². The molecule has 0 aromatic carbocycles. The Hall–Kier alpha value is -0.380. The van der Waals surface area contributed by atoms with E-state index in [1.807, 2.05) is 0 Å². The number of hydrogen-bond donors (Lipinski definition) is 3. The lowest BCUT2D eigenvalue weighted by Gasteiger charge is -2.11. The highest BCUT2D eigenvalue weighted by Crippen LogP contribution is 2.12. The molecule has 0 amide bonds. The summed E-state index contributed by atoms with van der Waals surface area (Å²) in [5.41, 5.74) is -0.579. The number of aliphatic hydroxyl groups is 2. The molecule has 0 aliphatic rings. The maximum atomic E-state index is 10.1. The van der Waals surface area contributed by atoms with E-state index in [9.17, 15) is 10.2 Å². The highest BCUT2D eigenvalue weighted by molar-refractivity contribution is 4.93. The van der Waals surface area contributed by atoms with Gasteiger partial charge in [-0.15, -0.1) is 0 Å². The second-order valence-electron chi connectivity index (χ2n) is 5.48. The van der Waals surface area contributed by atoms with Crippen molar-refractivity contribution in [3.63, 3.8) is 0 Å². The molecular formula is C18H37NO2. The van der Waals surface area contributed by atoms with Gasteiger partial charge in [-0.05, 0) is 12.8 Å². The molecular weight excluding hydrogens is 262 g/mol. The van der Waals surface area contributed by atoms with E-state index >= 15 is 0 Å². The molecule has 0 saturated carbocycles. The van der Waals surface area contributed by atoms with Crippen LogP contribution in [0.2, 0.25) is 2.82 Å². The summed E-state index contributed by atoms with van der Waals surface area (Å²) >= 11 is 0. The van der Waals surface area contributed by atoms with Crippen molar-refractivity contribution in [2.75, 3.05) is 6.56 Å². The second kappa shape index (κ2) is 16.0. The van der Waals surface area contributed by atoms with Crippen molar-refractivity contribution in [1.82, 2.24) is 0 Å². The summed E-state index contributed by atoms with van der Waals surface area (Å²) in [6, 6.07) is -4.19. The third-order valence-electron chi connectivity index (χ3n) is 3.52. The topological polar surface area (TPSA) is 66.5 Å². The molecule has 0 aliphatic heterocycles. The minimum atomic E-state index is -3.55. The highest BCUT2D eigenvalue weighted by atomic mass is 16.3. The first-order valence-electron chi connectivity index (χ1n) is 11.7. The van der Waals surface area contributed by atoms with Crippen LogP contribution in [-0.2, 0) is 0 Å². The van der Waals surface area contributed by atoms with Gasteiger partial charge in [0.25, 0.3) is 0 Å². The van der Waals surface area contributed by atoms with Crippen molar-refractivity contribution in [2.24, 2.45) is 5.72 Å². The van der Waals surface area contributed by atoms with Gasteiger partial charge in [0.2, 0.25) is 0 Å². The first kappa shape index (κ1) is 11.2. The van der Waals surface area contributed by atoms with Gasteiger partial charge in [-0.1, -0.05) is 83.3 Å². The summed E-state index contributed by atoms with van der Waals surface area (Å²) in [6.45, 7) is -1.35. The lowest BCUT2D eigenvalue weighted by molar-refractivity contribution is 0.144. The largest absolute Gasteiger partial charge is 0.395 e. The molecule has 0 aliphatic carbocycles. The molecule has 0 saturated heterocycles. The molecule has 0 heterocycles. The van der Waals surface area contributed by atoms with Crippen LogP contribution < -0.4 is 5.72 Å². The molecule has 0 rings (SSSR count). The predicted molar refractivity (Wildman–Crippen MR) is 91.3 cm³/mol. The molecule has 21 heavy (non-hydrogen) atoms. The van der Waals surface area contributed by atoms with Crippen LogP contribution in [0, 0.1) is 0 Å². The van der Waals surface area contributed by atoms with Crippen LogP contribution in [0.1, 0.15) is 90.8 Å². The Morgan fingerprint density at radius 3 is 2.10 bits per heavy atom. The van der Waals surface area contributed by atoms with Gasteiger partial charge in [-0.2, -0.15) is 0 Å². The van der Waals surface area contributed by atoms with Gasteiger partial charge >= 0.3 is 0 Å². The Morgan fingerprint density at radius 1 is 1.10 bits per heavy atom. The van der Waals surface area contributed by atoms with Crippen LogP contribution in [-0.4, -0.2) is 28.9 Å². The third kappa shape index (κ3) is 14.3. The summed E-state index contributed by atoms with van der Waals surface area (Å²) < 4.78 is 51.9. The van der Waals surface area contributed by atoms with Crippen molar-refractivity contribution in [2.45, 2.75) is 96.1 Å². The SMILES string of the molecule is [2H]/C(=C\CCCCCCCCCCCCC)[C@@]([2H])(O)[C@@]([2H])(N([2H])[2H])C([2H])([2H])O. The van der Waals surface area contributed by atoms with Crippen molar-refractivity contribution >= 4 is 0 Å². The number of unbranched alkanes of at least 4 members (excludes halogenated alkanes) is 11. The Labute approximate surface area is 141 Å². The zero-order valence-electron chi connectivity index (χ0n) is 20.4. The van der Waals surface area contributed by atoms with E-state index in [0.717, 1.165) is 25.7 Å². The van der Waals surface area contributed by atoms with Crippen LogP contribution in [0.15, 0.2) is 12.1 Å². The molecule has 126 valence electrons. The molecule has 3 heteroatoms. The molecule has 0 aromatic heterocycles. The number of hydrogen-bond acceptors (Lipinski definition) is 3. The van der Waals surface area contributed by atoms with Crippen LogP contribution >= 0.6 is 0 Å². The quantitative estimate of drug-likeness (QED) is 0.299. The van der Waals surface area contributed by atoms with Gasteiger partial charge < -0.3 is 15.9 Å². The van der Waals surface area contributed by atoms with E-state index in [4.69, 9.17) is 9.68 Å². The van der Waals surface area contributed by atoms with Crippen LogP contribution in [0.4, 0.5) is 0 Å². The van der Waals surface area contributed by atoms with Gasteiger partial charge in [0.1, 0.15) is 2.82 Å². The summed E-state index contributed by atoms with van der Waals surface area (Å²) in [5, 5.41) is 19.6. The Morgan fingerprint density at radius 2 is 1.62 bits per heavy atom. The standard InChI is InChI=1S/C18H37NO2/c1-2-3-4-5-6-7-8-9-10-11-12-13-14-15-18(21)17(19)16-20/h14-15,17-18,20-21H,2-13,16,19H2,1H3/b15-14+/t17-,18+/m0/s1/i15D,16D2,17D,18D/hD2. The molecule has 3 nitrogen and oxygen atoms in total. The monoisotopic (exact) mass is 306 g/mol. The second-order valence-corrected chi connectivity index (χ2v) is 5.48. The van der Waals surface area contributed by atoms with E-state index in [-0.39, 0.29) is 0 Å². The van der Waals surface area contributed by atoms with Gasteiger partial charge in [0, 0.05) is 0 Å². The fraction of sp³-hybridized carbons (Fsp3) is 0.889. The summed E-state index contributed by atoms with van der Waals surface area (Å²) in [7, 11) is 0. The number of rotatable bonds is 16. The lowest BCUT2D eigenvalue weighted by Crippen LogP contribution is -2.36. The van der Waals surface area contributed by atoms with Gasteiger partial charge in [0.05, 0.1) is 25.5 Å². The molecule has 0 radical (unpaired) electrons. The van der Waals surface area contributed by atoms with E-state index in [1.165, 1.54) is 51.0 Å². The molecule has 0 fully saturated rings. The maximum absolute atomic E-state index is 10.1. The van der Waals surface area contributed by atoms with Gasteiger partial charge in [-0.25, -0.2) is 0 Å². The fourth-order valence-electron chi connectivity index (χ4n) is 2.20. The first-order valence-corrected chi connectivity index (χ1v) is 8.32. The zero-order chi connectivity index (χ0) is 21.8. The number of allylic oxidation sites excluding steroid dienone is 1. The minimum Gasteiger partial charge on any atom is -0.395 e. The zero-order valence-corrected chi connectivity index (χ0v) is 13.4. The molecule has 0 unspecified atom stereocenters. The Balaban J connectivity index is 4.27. The van der Waals surface area contributed by atoms with Gasteiger partial charge in [0.15, 0.2) is 0 Å². The molecule has 2 atom stereocenters. The highest BCUT2D eigenvalue weighted by Gasteiger charge is 2.08. The smallest absolute Gasteiger partial charge is 0.119 e. The normalized spacial score (nSPS) is 23.8. The molecule has 0 spiro atoms. The maximum Gasteiger partial charge on any atom is 0.119 e. The molecule has 4 N–H and O–H groups in total. The molecule has 0 bridgehead atoms. The first-order chi connectivity index (χ1) is 12.9.